The zero-order chi connectivity index (χ0) is 18.2. The highest BCUT2D eigenvalue weighted by atomic mass is 32.2. The number of nitrogens with zero attached hydrogens (tertiary/aromatic N) is 1. The monoisotopic (exact) mass is 362 g/mol. The fourth-order valence-corrected chi connectivity index (χ4v) is 2.72. The smallest absolute Gasteiger partial charge is 0.308 e. The Labute approximate surface area is 143 Å². The summed E-state index contributed by atoms with van der Waals surface area (Å²) in [5.74, 6) is -2.20. The van der Waals surface area contributed by atoms with E-state index in [1.165, 1.54) is 0 Å². The van der Waals surface area contributed by atoms with E-state index in [4.69, 9.17) is 9.15 Å². The van der Waals surface area contributed by atoms with Crippen molar-refractivity contribution in [3.63, 3.8) is 0 Å². The molecule has 3 aromatic rings. The lowest BCUT2D eigenvalue weighted by atomic mass is 10.2. The van der Waals surface area contributed by atoms with E-state index in [2.05, 4.69) is 9.71 Å². The van der Waals surface area contributed by atoms with Crippen LogP contribution in [0, 0.1) is 0 Å². The standard InChI is InChI=1S/C16H14N2O6S/c1-9(19)23-15-13(20)14(24-16(15)18-25(2,21)22)12-8-7-10-5-3-4-6-11(10)17-12/h3-8,18,20H,1-2H3. The summed E-state index contributed by atoms with van der Waals surface area (Å²) in [6.07, 6.45) is 0.901. The molecule has 0 aliphatic heterocycles. The number of nitrogens with one attached hydrogen (secondary N) is 1. The number of sulfonamides is 1. The minimum Gasteiger partial charge on any atom is -0.501 e. The normalized spacial score (nSPS) is 11.4. The first kappa shape index (κ1) is 16.8. The molecule has 0 spiro atoms. The van der Waals surface area contributed by atoms with Crippen LogP contribution in [0.1, 0.15) is 6.92 Å². The quantitative estimate of drug-likeness (QED) is 0.684. The fourth-order valence-electron chi connectivity index (χ4n) is 2.25. The molecular weight excluding hydrogens is 348 g/mol. The third kappa shape index (κ3) is 3.56. The number of aromatic nitrogens is 1. The highest BCUT2D eigenvalue weighted by molar-refractivity contribution is 7.92. The van der Waals surface area contributed by atoms with Crippen molar-refractivity contribution in [2.45, 2.75) is 6.92 Å². The van der Waals surface area contributed by atoms with Gasteiger partial charge in [-0.15, -0.1) is 0 Å². The summed E-state index contributed by atoms with van der Waals surface area (Å²) >= 11 is 0. The number of pyridine rings is 1. The van der Waals surface area contributed by atoms with E-state index in [0.717, 1.165) is 18.6 Å². The number of fused-ring (bicyclic) bond motifs is 1. The van der Waals surface area contributed by atoms with Crippen molar-refractivity contribution in [2.75, 3.05) is 11.0 Å². The summed E-state index contributed by atoms with van der Waals surface area (Å²) in [6, 6.07) is 10.7. The Morgan fingerprint density at radius 1 is 1.24 bits per heavy atom. The highest BCUT2D eigenvalue weighted by Crippen LogP contribution is 2.46. The Morgan fingerprint density at radius 3 is 2.64 bits per heavy atom. The van der Waals surface area contributed by atoms with Crippen LogP contribution >= 0.6 is 0 Å². The number of para-hydroxylation sites is 1. The molecule has 0 aliphatic carbocycles. The maximum Gasteiger partial charge on any atom is 0.308 e. The van der Waals surface area contributed by atoms with Crippen LogP contribution in [0.3, 0.4) is 0 Å². The molecule has 0 aliphatic rings. The lowest BCUT2D eigenvalue weighted by molar-refractivity contribution is -0.131. The van der Waals surface area contributed by atoms with Gasteiger partial charge in [-0.2, -0.15) is 0 Å². The van der Waals surface area contributed by atoms with Crippen LogP contribution in [-0.4, -0.2) is 30.7 Å². The predicted molar refractivity (Wildman–Crippen MR) is 90.9 cm³/mol. The third-order valence-electron chi connectivity index (χ3n) is 3.20. The third-order valence-corrected chi connectivity index (χ3v) is 3.75. The van der Waals surface area contributed by atoms with Crippen LogP contribution in [0.15, 0.2) is 40.8 Å². The number of aromatic hydroxyl groups is 1. The average molecular weight is 362 g/mol. The van der Waals surface area contributed by atoms with Crippen molar-refractivity contribution in [2.24, 2.45) is 0 Å². The summed E-state index contributed by atoms with van der Waals surface area (Å²) < 4.78 is 35.2. The second kappa shape index (κ2) is 6.10. The number of carbonyl (C=O) groups excluding carboxylic acids is 1. The van der Waals surface area contributed by atoms with Crippen molar-refractivity contribution in [1.82, 2.24) is 4.98 Å². The Kier molecular flexibility index (Phi) is 4.09. The van der Waals surface area contributed by atoms with Crippen LogP contribution in [-0.2, 0) is 14.8 Å². The minimum absolute atomic E-state index is 0.117. The number of rotatable bonds is 4. The van der Waals surface area contributed by atoms with Gasteiger partial charge in [0.1, 0.15) is 5.69 Å². The molecule has 8 nitrogen and oxygen atoms in total. The molecule has 0 fully saturated rings. The van der Waals surface area contributed by atoms with Crippen molar-refractivity contribution >= 4 is 32.8 Å². The second-order valence-corrected chi connectivity index (χ2v) is 7.04. The molecule has 0 bridgehead atoms. The van der Waals surface area contributed by atoms with Crippen molar-refractivity contribution < 1.29 is 27.5 Å². The Hall–Kier alpha value is -3.07. The summed E-state index contributed by atoms with van der Waals surface area (Å²) in [4.78, 5) is 15.6. The molecule has 2 heterocycles. The fraction of sp³-hybridized carbons (Fsp3) is 0.125. The van der Waals surface area contributed by atoms with E-state index < -0.39 is 33.4 Å². The molecule has 130 valence electrons. The van der Waals surface area contributed by atoms with Gasteiger partial charge in [-0.05, 0) is 12.1 Å². The number of hydrogen-bond donors (Lipinski definition) is 2. The van der Waals surface area contributed by atoms with Gasteiger partial charge in [-0.3, -0.25) is 4.79 Å². The van der Waals surface area contributed by atoms with E-state index in [-0.39, 0.29) is 11.5 Å². The molecule has 25 heavy (non-hydrogen) atoms. The lowest BCUT2D eigenvalue weighted by Gasteiger charge is -2.02. The van der Waals surface area contributed by atoms with Crippen molar-refractivity contribution in [3.8, 4) is 23.0 Å². The first-order valence-corrected chi connectivity index (χ1v) is 9.02. The molecule has 0 saturated heterocycles. The molecule has 2 aromatic heterocycles. The van der Waals surface area contributed by atoms with Crippen LogP contribution in [0.2, 0.25) is 0 Å². The van der Waals surface area contributed by atoms with Gasteiger partial charge in [-0.1, -0.05) is 24.3 Å². The summed E-state index contributed by atoms with van der Waals surface area (Å²) in [5.41, 5.74) is 0.911. The summed E-state index contributed by atoms with van der Waals surface area (Å²) in [7, 11) is -3.72. The van der Waals surface area contributed by atoms with Crippen molar-refractivity contribution in [1.29, 1.82) is 0 Å². The first-order chi connectivity index (χ1) is 11.7. The van der Waals surface area contributed by atoms with Gasteiger partial charge in [0.2, 0.25) is 27.3 Å². The van der Waals surface area contributed by atoms with E-state index in [1.807, 2.05) is 18.2 Å². The lowest BCUT2D eigenvalue weighted by Crippen LogP contribution is -2.11. The number of furan rings is 1. The largest absolute Gasteiger partial charge is 0.501 e. The Morgan fingerprint density at radius 2 is 1.96 bits per heavy atom. The maximum absolute atomic E-state index is 11.5. The molecule has 2 N–H and O–H groups in total. The number of anilines is 1. The zero-order valence-electron chi connectivity index (χ0n) is 13.3. The highest BCUT2D eigenvalue weighted by Gasteiger charge is 2.26. The molecule has 0 saturated carbocycles. The van der Waals surface area contributed by atoms with Gasteiger partial charge < -0.3 is 14.3 Å². The zero-order valence-corrected chi connectivity index (χ0v) is 14.1. The van der Waals surface area contributed by atoms with Gasteiger partial charge in [0.25, 0.3) is 5.88 Å². The molecule has 9 heteroatoms. The SMILES string of the molecule is CC(=O)Oc1c(NS(C)(=O)=O)oc(-c2ccc3ccccc3n2)c1O. The van der Waals surface area contributed by atoms with Gasteiger partial charge in [0.05, 0.1) is 11.8 Å². The first-order valence-electron chi connectivity index (χ1n) is 7.13. The van der Waals surface area contributed by atoms with E-state index in [1.54, 1.807) is 18.2 Å². The molecule has 1 aromatic carbocycles. The molecular formula is C16H14N2O6S. The number of esters is 1. The van der Waals surface area contributed by atoms with Crippen molar-refractivity contribution in [3.05, 3.63) is 36.4 Å². The van der Waals surface area contributed by atoms with E-state index >= 15 is 0 Å². The van der Waals surface area contributed by atoms with Gasteiger partial charge in [0.15, 0.2) is 0 Å². The molecule has 0 radical (unpaired) electrons. The molecule has 3 rings (SSSR count). The summed E-state index contributed by atoms with van der Waals surface area (Å²) in [6.45, 7) is 1.12. The van der Waals surface area contributed by atoms with E-state index in [0.29, 0.717) is 5.52 Å². The average Bonchev–Trinajstić information content (AvgIpc) is 2.81. The maximum atomic E-state index is 11.5. The predicted octanol–water partition coefficient (Wildman–Crippen LogP) is 2.50. The number of benzene rings is 1. The topological polar surface area (TPSA) is 119 Å². The number of hydrogen-bond acceptors (Lipinski definition) is 7. The van der Waals surface area contributed by atoms with Gasteiger partial charge in [-0.25, -0.2) is 18.1 Å². The Balaban J connectivity index is 2.15. The van der Waals surface area contributed by atoms with Crippen LogP contribution in [0.25, 0.3) is 22.4 Å². The van der Waals surface area contributed by atoms with Crippen LogP contribution in [0.4, 0.5) is 5.88 Å². The van der Waals surface area contributed by atoms with E-state index in [9.17, 15) is 18.3 Å². The van der Waals surface area contributed by atoms with Gasteiger partial charge in [0, 0.05) is 12.3 Å². The summed E-state index contributed by atoms with van der Waals surface area (Å²) in [5, 5.41) is 11.2. The van der Waals surface area contributed by atoms with Crippen LogP contribution < -0.4 is 9.46 Å². The second-order valence-electron chi connectivity index (χ2n) is 5.30. The number of carbonyl (C=O) groups is 1. The molecule has 0 amide bonds. The number of ether oxygens (including phenoxy) is 1. The molecule has 0 unspecified atom stereocenters. The van der Waals surface area contributed by atoms with Gasteiger partial charge >= 0.3 is 5.97 Å². The minimum atomic E-state index is -3.72. The Bertz CT molecular complexity index is 1070. The molecule has 0 atom stereocenters. The van der Waals surface area contributed by atoms with Crippen LogP contribution in [0.5, 0.6) is 11.5 Å².